The highest BCUT2D eigenvalue weighted by molar-refractivity contribution is 7.89. The first-order chi connectivity index (χ1) is 13.7. The molecule has 0 bridgehead atoms. The molecule has 0 heterocycles. The number of benzene rings is 2. The van der Waals surface area contributed by atoms with E-state index in [9.17, 15) is 13.2 Å². The zero-order chi connectivity index (χ0) is 21.0. The summed E-state index contributed by atoms with van der Waals surface area (Å²) in [4.78, 5) is 13.0. The molecule has 5 nitrogen and oxygen atoms in total. The minimum absolute atomic E-state index is 0.0891. The van der Waals surface area contributed by atoms with E-state index in [2.05, 4.69) is 22.2 Å². The molecule has 29 heavy (non-hydrogen) atoms. The van der Waals surface area contributed by atoms with E-state index >= 15 is 0 Å². The first-order valence-electron chi connectivity index (χ1n) is 10.2. The van der Waals surface area contributed by atoms with E-state index in [4.69, 9.17) is 0 Å². The van der Waals surface area contributed by atoms with Crippen molar-refractivity contribution < 1.29 is 13.2 Å². The second kappa shape index (κ2) is 9.09. The highest BCUT2D eigenvalue weighted by atomic mass is 32.2. The van der Waals surface area contributed by atoms with E-state index in [0.29, 0.717) is 12.3 Å². The van der Waals surface area contributed by atoms with Crippen molar-refractivity contribution in [3.8, 4) is 0 Å². The third-order valence-electron chi connectivity index (χ3n) is 5.41. The third kappa shape index (κ3) is 5.67. The lowest BCUT2D eigenvalue weighted by Crippen LogP contribution is -2.52. The van der Waals surface area contributed by atoms with Gasteiger partial charge in [0.2, 0.25) is 15.9 Å². The Morgan fingerprint density at radius 2 is 1.66 bits per heavy atom. The maximum Gasteiger partial charge on any atom is 0.241 e. The largest absolute Gasteiger partial charge is 0.352 e. The van der Waals surface area contributed by atoms with Crippen molar-refractivity contribution in [1.82, 2.24) is 10.0 Å². The van der Waals surface area contributed by atoms with Crippen molar-refractivity contribution in [2.24, 2.45) is 5.92 Å². The van der Waals surface area contributed by atoms with Gasteiger partial charge in [0.25, 0.3) is 0 Å². The van der Waals surface area contributed by atoms with Crippen LogP contribution in [0.2, 0.25) is 0 Å². The number of amides is 1. The molecule has 156 valence electrons. The fourth-order valence-corrected chi connectivity index (χ4v) is 4.90. The van der Waals surface area contributed by atoms with Crippen molar-refractivity contribution in [2.45, 2.75) is 62.9 Å². The first kappa shape index (κ1) is 21.5. The van der Waals surface area contributed by atoms with Gasteiger partial charge in [0, 0.05) is 6.04 Å². The van der Waals surface area contributed by atoms with E-state index < -0.39 is 16.1 Å². The van der Waals surface area contributed by atoms with Gasteiger partial charge in [0.05, 0.1) is 4.90 Å². The summed E-state index contributed by atoms with van der Waals surface area (Å²) in [6, 6.07) is 16.2. The molecular weight excluding hydrogens is 384 g/mol. The summed E-state index contributed by atoms with van der Waals surface area (Å²) < 4.78 is 28.1. The Hall–Kier alpha value is -2.18. The van der Waals surface area contributed by atoms with Gasteiger partial charge in [-0.25, -0.2) is 8.42 Å². The monoisotopic (exact) mass is 414 g/mol. The molecule has 1 aliphatic rings. The Morgan fingerprint density at radius 1 is 1.03 bits per heavy atom. The van der Waals surface area contributed by atoms with Gasteiger partial charge in [-0.1, -0.05) is 61.9 Å². The van der Waals surface area contributed by atoms with Crippen LogP contribution in [-0.2, 0) is 14.8 Å². The fraction of sp³-hybridized carbons (Fsp3) is 0.435. The van der Waals surface area contributed by atoms with Crippen LogP contribution in [0.25, 0.3) is 0 Å². The van der Waals surface area contributed by atoms with Gasteiger partial charge in [0.15, 0.2) is 0 Å². The molecule has 2 N–H and O–H groups in total. The molecule has 1 saturated carbocycles. The predicted molar refractivity (Wildman–Crippen MR) is 115 cm³/mol. The molecule has 0 saturated heterocycles. The van der Waals surface area contributed by atoms with Gasteiger partial charge >= 0.3 is 0 Å². The zero-order valence-corrected chi connectivity index (χ0v) is 18.1. The van der Waals surface area contributed by atoms with Crippen molar-refractivity contribution in [3.05, 3.63) is 65.7 Å². The first-order valence-corrected chi connectivity index (χ1v) is 11.7. The molecule has 3 rings (SSSR count). The summed E-state index contributed by atoms with van der Waals surface area (Å²) in [5.41, 5.74) is 2.27. The van der Waals surface area contributed by atoms with Crippen LogP contribution in [-0.4, -0.2) is 26.4 Å². The lowest BCUT2D eigenvalue weighted by atomic mass is 9.76. The summed E-state index contributed by atoms with van der Waals surface area (Å²) in [5.74, 6) is 0.394. The van der Waals surface area contributed by atoms with Crippen LogP contribution in [0.4, 0.5) is 0 Å². The van der Waals surface area contributed by atoms with Crippen molar-refractivity contribution in [1.29, 1.82) is 0 Å². The number of sulfonamides is 1. The molecule has 1 fully saturated rings. The van der Waals surface area contributed by atoms with Crippen molar-refractivity contribution >= 4 is 15.9 Å². The van der Waals surface area contributed by atoms with Crippen molar-refractivity contribution in [2.75, 3.05) is 0 Å². The summed E-state index contributed by atoms with van der Waals surface area (Å²) in [5, 5.41) is 3.04. The molecule has 2 aromatic carbocycles. The quantitative estimate of drug-likeness (QED) is 0.691. The van der Waals surface area contributed by atoms with Crippen LogP contribution in [0.15, 0.2) is 59.5 Å². The van der Waals surface area contributed by atoms with Gasteiger partial charge in [-0.3, -0.25) is 4.79 Å². The molecule has 0 aliphatic heterocycles. The van der Waals surface area contributed by atoms with Gasteiger partial charge in [0.1, 0.15) is 6.04 Å². The molecule has 1 atom stereocenters. The number of carbonyl (C=O) groups is 1. The zero-order valence-electron chi connectivity index (χ0n) is 17.3. The molecule has 6 heteroatoms. The number of hydrogen-bond acceptors (Lipinski definition) is 3. The Kier molecular flexibility index (Phi) is 6.75. The lowest BCUT2D eigenvalue weighted by molar-refractivity contribution is -0.124. The van der Waals surface area contributed by atoms with E-state index in [-0.39, 0.29) is 22.8 Å². The number of nitrogens with one attached hydrogen (secondary N) is 2. The van der Waals surface area contributed by atoms with Crippen LogP contribution in [0.5, 0.6) is 0 Å². The van der Waals surface area contributed by atoms with Crippen LogP contribution in [0.3, 0.4) is 0 Å². The summed E-state index contributed by atoms with van der Waals surface area (Å²) in [6.07, 6.45) is 2.22. The standard InChI is InChI=1S/C23H30N2O3S/c1-16(2)13-22(25-29(27,28)21-11-9-17(3)10-12-21)23(26)24-20-14-19(15-20)18-7-5-4-6-8-18/h4-12,16,19-20,22,25H,13-15H2,1-3H3,(H,24,26). The van der Waals surface area contributed by atoms with Gasteiger partial charge in [-0.2, -0.15) is 4.72 Å². The minimum Gasteiger partial charge on any atom is -0.352 e. The molecule has 0 spiro atoms. The SMILES string of the molecule is Cc1ccc(S(=O)(=O)NC(CC(C)C)C(=O)NC2CC(c3ccccc3)C2)cc1. The summed E-state index contributed by atoms with van der Waals surface area (Å²) in [6.45, 7) is 5.87. The van der Waals surface area contributed by atoms with E-state index in [1.165, 1.54) is 5.56 Å². The number of aryl methyl sites for hydroxylation is 1. The maximum absolute atomic E-state index is 12.9. The Balaban J connectivity index is 1.62. The molecule has 2 aromatic rings. The normalized spacial score (nSPS) is 20.1. The molecule has 1 aliphatic carbocycles. The van der Waals surface area contributed by atoms with Crippen LogP contribution < -0.4 is 10.0 Å². The van der Waals surface area contributed by atoms with Crippen LogP contribution in [0.1, 0.15) is 50.2 Å². The van der Waals surface area contributed by atoms with Gasteiger partial charge < -0.3 is 5.32 Å². The fourth-order valence-electron chi connectivity index (χ4n) is 3.69. The van der Waals surface area contributed by atoms with E-state index in [0.717, 1.165) is 18.4 Å². The molecule has 0 aromatic heterocycles. The van der Waals surface area contributed by atoms with Gasteiger partial charge in [-0.05, 0) is 55.7 Å². The highest BCUT2D eigenvalue weighted by Gasteiger charge is 2.34. The number of rotatable bonds is 8. The van der Waals surface area contributed by atoms with Crippen molar-refractivity contribution in [3.63, 3.8) is 0 Å². The van der Waals surface area contributed by atoms with Gasteiger partial charge in [-0.15, -0.1) is 0 Å². The second-order valence-electron chi connectivity index (χ2n) is 8.40. The molecule has 0 radical (unpaired) electrons. The average Bonchev–Trinajstić information content (AvgIpc) is 2.64. The molecule has 1 unspecified atom stereocenters. The number of carbonyl (C=O) groups excluding carboxylic acids is 1. The lowest BCUT2D eigenvalue weighted by Gasteiger charge is -2.37. The Labute approximate surface area is 174 Å². The Morgan fingerprint density at radius 3 is 2.24 bits per heavy atom. The Bertz CT molecular complexity index is 918. The summed E-state index contributed by atoms with van der Waals surface area (Å²) in [7, 11) is -3.76. The third-order valence-corrected chi connectivity index (χ3v) is 6.90. The molecule has 1 amide bonds. The average molecular weight is 415 g/mol. The van der Waals surface area contributed by atoms with E-state index in [1.807, 2.05) is 39.0 Å². The molecular formula is C23H30N2O3S. The minimum atomic E-state index is -3.76. The summed E-state index contributed by atoms with van der Waals surface area (Å²) >= 11 is 0. The smallest absolute Gasteiger partial charge is 0.241 e. The highest BCUT2D eigenvalue weighted by Crippen LogP contribution is 2.36. The second-order valence-corrected chi connectivity index (χ2v) is 10.1. The topological polar surface area (TPSA) is 75.3 Å². The van der Waals surface area contributed by atoms with Crippen LogP contribution in [0, 0.1) is 12.8 Å². The number of hydrogen-bond donors (Lipinski definition) is 2. The predicted octanol–water partition coefficient (Wildman–Crippen LogP) is 3.75. The van der Waals surface area contributed by atoms with Crippen LogP contribution >= 0.6 is 0 Å². The van der Waals surface area contributed by atoms with E-state index in [1.54, 1.807) is 24.3 Å². The maximum atomic E-state index is 12.9.